The van der Waals surface area contributed by atoms with Crippen LogP contribution in [-0.2, 0) is 0 Å². The van der Waals surface area contributed by atoms with Crippen molar-refractivity contribution in [2.45, 2.75) is 0 Å². The van der Waals surface area contributed by atoms with Gasteiger partial charge in [0, 0.05) is 10.2 Å². The number of nitrogen functional groups attached to an aromatic ring is 2. The fourth-order valence-electron chi connectivity index (χ4n) is 1.13. The molecule has 0 atom stereocenters. The summed E-state index contributed by atoms with van der Waals surface area (Å²) in [5, 5.41) is 2.97. The molecule has 82 valence electrons. The Morgan fingerprint density at radius 3 is 2.06 bits per heavy atom. The molecular weight excluding hydrogens is 272 g/mol. The van der Waals surface area contributed by atoms with Gasteiger partial charge < -0.3 is 16.8 Å². The third-order valence-electron chi connectivity index (χ3n) is 1.77. The number of benzene rings is 1. The Morgan fingerprint density at radius 2 is 1.50 bits per heavy atom. The van der Waals surface area contributed by atoms with E-state index < -0.39 is 0 Å². The van der Waals surface area contributed by atoms with Gasteiger partial charge in [0.1, 0.15) is 0 Å². The van der Waals surface area contributed by atoms with E-state index >= 15 is 0 Å². The highest BCUT2D eigenvalue weighted by molar-refractivity contribution is 9.10. The molecule has 0 aliphatic rings. The van der Waals surface area contributed by atoms with Crippen molar-refractivity contribution in [3.63, 3.8) is 0 Å². The molecule has 16 heavy (non-hydrogen) atoms. The third kappa shape index (κ3) is 2.57. The SMILES string of the molecule is Nc1nc(N)nc(Nc2ccc(Br)cc2)n1. The van der Waals surface area contributed by atoms with Crippen LogP contribution in [0.3, 0.4) is 0 Å². The van der Waals surface area contributed by atoms with Crippen LogP contribution in [0.1, 0.15) is 0 Å². The van der Waals surface area contributed by atoms with Gasteiger partial charge in [-0.25, -0.2) is 0 Å². The number of rotatable bonds is 2. The van der Waals surface area contributed by atoms with Crippen LogP contribution in [-0.4, -0.2) is 15.0 Å². The zero-order chi connectivity index (χ0) is 11.5. The molecule has 0 aliphatic carbocycles. The molecule has 0 radical (unpaired) electrons. The van der Waals surface area contributed by atoms with E-state index in [0.29, 0.717) is 5.95 Å². The fourth-order valence-corrected chi connectivity index (χ4v) is 1.39. The highest BCUT2D eigenvalue weighted by Gasteiger charge is 2.01. The second-order valence-corrected chi connectivity index (χ2v) is 3.92. The normalized spacial score (nSPS) is 10.1. The number of hydrogen-bond donors (Lipinski definition) is 3. The predicted molar refractivity (Wildman–Crippen MR) is 66.1 cm³/mol. The van der Waals surface area contributed by atoms with Gasteiger partial charge >= 0.3 is 0 Å². The molecule has 5 N–H and O–H groups in total. The van der Waals surface area contributed by atoms with Crippen molar-refractivity contribution in [1.82, 2.24) is 15.0 Å². The van der Waals surface area contributed by atoms with Crippen LogP contribution < -0.4 is 16.8 Å². The number of anilines is 4. The molecule has 0 aliphatic heterocycles. The number of halogens is 1. The van der Waals surface area contributed by atoms with Crippen LogP contribution >= 0.6 is 15.9 Å². The molecule has 2 aromatic rings. The molecule has 0 bridgehead atoms. The third-order valence-corrected chi connectivity index (χ3v) is 2.30. The number of aromatic nitrogens is 3. The Kier molecular flexibility index (Phi) is 2.86. The lowest BCUT2D eigenvalue weighted by Crippen LogP contribution is -2.06. The van der Waals surface area contributed by atoms with Crippen molar-refractivity contribution in [1.29, 1.82) is 0 Å². The number of nitrogens with one attached hydrogen (secondary N) is 1. The molecule has 1 aromatic heterocycles. The minimum absolute atomic E-state index is 0.0899. The molecule has 0 saturated heterocycles. The van der Waals surface area contributed by atoms with Crippen molar-refractivity contribution >= 4 is 39.5 Å². The van der Waals surface area contributed by atoms with Crippen molar-refractivity contribution in [3.05, 3.63) is 28.7 Å². The lowest BCUT2D eigenvalue weighted by atomic mass is 10.3. The van der Waals surface area contributed by atoms with E-state index in [9.17, 15) is 0 Å². The molecule has 1 aromatic carbocycles. The largest absolute Gasteiger partial charge is 0.368 e. The van der Waals surface area contributed by atoms with Gasteiger partial charge in [-0.2, -0.15) is 15.0 Å². The summed E-state index contributed by atoms with van der Waals surface area (Å²) in [7, 11) is 0. The Labute approximate surface area is 100 Å². The summed E-state index contributed by atoms with van der Waals surface area (Å²) in [6, 6.07) is 7.55. The fraction of sp³-hybridized carbons (Fsp3) is 0. The Hall–Kier alpha value is -1.89. The highest BCUT2D eigenvalue weighted by Crippen LogP contribution is 2.17. The minimum atomic E-state index is 0.0899. The summed E-state index contributed by atoms with van der Waals surface area (Å²) in [5.74, 6) is 0.506. The van der Waals surface area contributed by atoms with Gasteiger partial charge in [0.25, 0.3) is 0 Å². The zero-order valence-electron chi connectivity index (χ0n) is 8.18. The van der Waals surface area contributed by atoms with Gasteiger partial charge in [-0.15, -0.1) is 0 Å². The van der Waals surface area contributed by atoms with Crippen molar-refractivity contribution in [3.8, 4) is 0 Å². The Morgan fingerprint density at radius 1 is 0.938 bits per heavy atom. The van der Waals surface area contributed by atoms with E-state index in [-0.39, 0.29) is 11.9 Å². The van der Waals surface area contributed by atoms with E-state index in [1.807, 2.05) is 24.3 Å². The van der Waals surface area contributed by atoms with Gasteiger partial charge in [0.05, 0.1) is 0 Å². The molecular formula is C9H9BrN6. The quantitative estimate of drug-likeness (QED) is 0.771. The smallest absolute Gasteiger partial charge is 0.233 e. The summed E-state index contributed by atoms with van der Waals surface area (Å²) in [6.45, 7) is 0. The zero-order valence-corrected chi connectivity index (χ0v) is 9.77. The summed E-state index contributed by atoms with van der Waals surface area (Å²) >= 11 is 3.35. The molecule has 7 heteroatoms. The van der Waals surface area contributed by atoms with Gasteiger partial charge in [-0.3, -0.25) is 0 Å². The monoisotopic (exact) mass is 280 g/mol. The summed E-state index contributed by atoms with van der Waals surface area (Å²) < 4.78 is 0.993. The number of hydrogen-bond acceptors (Lipinski definition) is 6. The first-order chi connectivity index (χ1) is 7.63. The summed E-state index contributed by atoms with van der Waals surface area (Å²) in [5.41, 5.74) is 11.7. The molecule has 0 amide bonds. The maximum atomic E-state index is 5.45. The highest BCUT2D eigenvalue weighted by atomic mass is 79.9. The van der Waals surface area contributed by atoms with E-state index in [0.717, 1.165) is 10.2 Å². The van der Waals surface area contributed by atoms with Crippen LogP contribution in [0, 0.1) is 0 Å². The maximum Gasteiger partial charge on any atom is 0.233 e. The molecule has 0 fully saturated rings. The average Bonchev–Trinajstić information content (AvgIpc) is 2.20. The predicted octanol–water partition coefficient (Wildman–Crippen LogP) is 1.54. The molecule has 0 saturated carbocycles. The van der Waals surface area contributed by atoms with Crippen LogP contribution in [0.25, 0.3) is 0 Å². The minimum Gasteiger partial charge on any atom is -0.368 e. The van der Waals surface area contributed by atoms with Gasteiger partial charge in [-0.05, 0) is 24.3 Å². The Bertz CT molecular complexity index is 478. The molecule has 0 spiro atoms. The first-order valence-corrected chi connectivity index (χ1v) is 5.22. The summed E-state index contributed by atoms with van der Waals surface area (Å²) in [4.78, 5) is 11.5. The van der Waals surface area contributed by atoms with E-state index in [1.54, 1.807) is 0 Å². The van der Waals surface area contributed by atoms with Crippen molar-refractivity contribution < 1.29 is 0 Å². The van der Waals surface area contributed by atoms with Gasteiger partial charge in [-0.1, -0.05) is 15.9 Å². The average molecular weight is 281 g/mol. The second kappa shape index (κ2) is 4.31. The molecule has 6 nitrogen and oxygen atoms in total. The number of nitrogens with zero attached hydrogens (tertiary/aromatic N) is 3. The second-order valence-electron chi connectivity index (χ2n) is 3.01. The van der Waals surface area contributed by atoms with Gasteiger partial charge in [0.2, 0.25) is 17.8 Å². The first kappa shape index (κ1) is 10.6. The first-order valence-electron chi connectivity index (χ1n) is 4.43. The van der Waals surface area contributed by atoms with Crippen LogP contribution in [0.4, 0.5) is 23.5 Å². The van der Waals surface area contributed by atoms with Crippen molar-refractivity contribution in [2.75, 3.05) is 16.8 Å². The molecule has 1 heterocycles. The molecule has 0 unspecified atom stereocenters. The van der Waals surface area contributed by atoms with E-state index in [2.05, 4.69) is 36.2 Å². The summed E-state index contributed by atoms with van der Waals surface area (Å²) in [6.07, 6.45) is 0. The van der Waals surface area contributed by atoms with Crippen molar-refractivity contribution in [2.24, 2.45) is 0 Å². The van der Waals surface area contributed by atoms with Crippen LogP contribution in [0.5, 0.6) is 0 Å². The standard InChI is InChI=1S/C9H9BrN6/c10-5-1-3-6(4-2-5)13-9-15-7(11)14-8(12)16-9/h1-4H,(H5,11,12,13,14,15,16). The van der Waals surface area contributed by atoms with Gasteiger partial charge in [0.15, 0.2) is 0 Å². The van der Waals surface area contributed by atoms with Crippen LogP contribution in [0.2, 0.25) is 0 Å². The van der Waals surface area contributed by atoms with E-state index in [4.69, 9.17) is 11.5 Å². The maximum absolute atomic E-state index is 5.45. The van der Waals surface area contributed by atoms with Crippen LogP contribution in [0.15, 0.2) is 28.7 Å². The Balaban J connectivity index is 2.23. The topological polar surface area (TPSA) is 103 Å². The number of nitrogens with two attached hydrogens (primary N) is 2. The lowest BCUT2D eigenvalue weighted by Gasteiger charge is -2.05. The van der Waals surface area contributed by atoms with E-state index in [1.165, 1.54) is 0 Å². The molecule has 2 rings (SSSR count). The lowest BCUT2D eigenvalue weighted by molar-refractivity contribution is 1.08.